The Bertz CT molecular complexity index is 1140. The first-order chi connectivity index (χ1) is 15.0. The first kappa shape index (κ1) is 20.2. The minimum Gasteiger partial charge on any atom is -0.497 e. The lowest BCUT2D eigenvalue weighted by Gasteiger charge is -2.37. The van der Waals surface area contributed by atoms with E-state index in [0.717, 1.165) is 5.56 Å². The number of amides is 1. The summed E-state index contributed by atoms with van der Waals surface area (Å²) in [6.07, 6.45) is -0.769. The van der Waals surface area contributed by atoms with Crippen molar-refractivity contribution in [1.82, 2.24) is 0 Å². The van der Waals surface area contributed by atoms with E-state index in [9.17, 15) is 14.9 Å². The topological polar surface area (TPSA) is 81.9 Å². The third kappa shape index (κ3) is 3.85. The van der Waals surface area contributed by atoms with Gasteiger partial charge in [-0.1, -0.05) is 30.3 Å². The summed E-state index contributed by atoms with van der Waals surface area (Å²) in [7, 11) is 1.57. The number of carbonyl (C=O) groups is 1. The van der Waals surface area contributed by atoms with E-state index in [4.69, 9.17) is 9.47 Å². The van der Waals surface area contributed by atoms with Crippen molar-refractivity contribution in [3.05, 3.63) is 106 Å². The molecule has 0 bridgehead atoms. The maximum atomic E-state index is 13.7. The summed E-state index contributed by atoms with van der Waals surface area (Å²) in [4.78, 5) is 25.8. The zero-order valence-electron chi connectivity index (χ0n) is 17.0. The molecule has 7 nitrogen and oxygen atoms in total. The van der Waals surface area contributed by atoms with Crippen LogP contribution in [-0.2, 0) is 9.53 Å². The van der Waals surface area contributed by atoms with Gasteiger partial charge in [-0.3, -0.25) is 19.8 Å². The highest BCUT2D eigenvalue weighted by atomic mass is 16.6. The number of rotatable bonds is 5. The fourth-order valence-corrected chi connectivity index (χ4v) is 3.56. The number of nitro groups is 1. The fourth-order valence-electron chi connectivity index (χ4n) is 3.56. The lowest BCUT2D eigenvalue weighted by Crippen LogP contribution is -2.40. The van der Waals surface area contributed by atoms with Gasteiger partial charge in [0.1, 0.15) is 11.5 Å². The van der Waals surface area contributed by atoms with Crippen molar-refractivity contribution in [3.8, 4) is 5.75 Å². The summed E-state index contributed by atoms with van der Waals surface area (Å²) < 4.78 is 11.4. The molecule has 0 N–H and O–H groups in total. The van der Waals surface area contributed by atoms with E-state index in [1.165, 1.54) is 12.1 Å². The molecule has 1 heterocycles. The summed E-state index contributed by atoms with van der Waals surface area (Å²) in [5, 5.41) is 11.0. The molecule has 31 heavy (non-hydrogen) atoms. The van der Waals surface area contributed by atoms with Crippen molar-refractivity contribution in [2.24, 2.45) is 0 Å². The Morgan fingerprint density at radius 3 is 2.19 bits per heavy atom. The molecule has 0 aromatic heterocycles. The van der Waals surface area contributed by atoms with Gasteiger partial charge in [0.15, 0.2) is 0 Å². The normalized spacial score (nSPS) is 16.1. The lowest BCUT2D eigenvalue weighted by atomic mass is 10.00. The Morgan fingerprint density at radius 2 is 1.61 bits per heavy atom. The van der Waals surface area contributed by atoms with Gasteiger partial charge in [-0.2, -0.15) is 0 Å². The molecule has 1 atom stereocenters. The predicted octanol–water partition coefficient (Wildman–Crippen LogP) is 5.10. The minimum atomic E-state index is -0.769. The average Bonchev–Trinajstić information content (AvgIpc) is 2.79. The maximum absolute atomic E-state index is 13.7. The molecule has 3 aromatic rings. The molecule has 0 radical (unpaired) electrons. The van der Waals surface area contributed by atoms with Crippen LogP contribution in [0.2, 0.25) is 0 Å². The van der Waals surface area contributed by atoms with Gasteiger partial charge in [-0.25, -0.2) is 0 Å². The summed E-state index contributed by atoms with van der Waals surface area (Å²) in [5.41, 5.74) is 2.44. The number of benzene rings is 3. The summed E-state index contributed by atoms with van der Waals surface area (Å²) >= 11 is 0. The van der Waals surface area contributed by atoms with Crippen molar-refractivity contribution in [1.29, 1.82) is 0 Å². The fraction of sp³-hybridized carbons (Fsp3) is 0.125. The molecule has 1 amide bonds. The van der Waals surface area contributed by atoms with Gasteiger partial charge in [-0.15, -0.1) is 0 Å². The van der Waals surface area contributed by atoms with Crippen LogP contribution < -0.4 is 9.64 Å². The van der Waals surface area contributed by atoms with E-state index in [0.29, 0.717) is 28.3 Å². The van der Waals surface area contributed by atoms with E-state index < -0.39 is 11.2 Å². The summed E-state index contributed by atoms with van der Waals surface area (Å²) in [6.45, 7) is 1.75. The van der Waals surface area contributed by atoms with Crippen LogP contribution in [0.5, 0.6) is 5.75 Å². The van der Waals surface area contributed by atoms with Crippen molar-refractivity contribution in [2.45, 2.75) is 13.2 Å². The largest absolute Gasteiger partial charge is 0.497 e. The summed E-state index contributed by atoms with van der Waals surface area (Å²) in [6, 6.07) is 22.4. The van der Waals surface area contributed by atoms with Gasteiger partial charge in [-0.05, 0) is 48.9 Å². The van der Waals surface area contributed by atoms with Crippen LogP contribution in [0.3, 0.4) is 0 Å². The third-order valence-corrected chi connectivity index (χ3v) is 5.11. The van der Waals surface area contributed by atoms with Crippen LogP contribution in [0.1, 0.15) is 24.3 Å². The first-order valence-corrected chi connectivity index (χ1v) is 9.64. The van der Waals surface area contributed by atoms with Gasteiger partial charge in [0.2, 0.25) is 6.23 Å². The van der Waals surface area contributed by atoms with Gasteiger partial charge >= 0.3 is 0 Å². The van der Waals surface area contributed by atoms with E-state index >= 15 is 0 Å². The van der Waals surface area contributed by atoms with Gasteiger partial charge in [0, 0.05) is 23.4 Å². The molecule has 156 valence electrons. The number of anilines is 1. The van der Waals surface area contributed by atoms with Crippen LogP contribution in [0.25, 0.3) is 5.57 Å². The van der Waals surface area contributed by atoms with E-state index in [-0.39, 0.29) is 11.6 Å². The number of nitrogens with zero attached hydrogens (tertiary/aromatic N) is 2. The number of allylic oxidation sites excluding steroid dienone is 1. The van der Waals surface area contributed by atoms with E-state index in [2.05, 4.69) is 0 Å². The Hall–Kier alpha value is -4.13. The number of non-ortho nitro benzene ring substituents is 1. The number of ether oxygens (including phenoxy) is 2. The Kier molecular flexibility index (Phi) is 5.41. The van der Waals surface area contributed by atoms with Crippen LogP contribution in [0, 0.1) is 10.1 Å². The van der Waals surface area contributed by atoms with Gasteiger partial charge in [0.25, 0.3) is 11.6 Å². The maximum Gasteiger partial charge on any atom is 0.269 e. The molecular formula is C24H20N2O5. The molecule has 3 aromatic carbocycles. The van der Waals surface area contributed by atoms with E-state index in [1.54, 1.807) is 55.3 Å². The van der Waals surface area contributed by atoms with Crippen molar-refractivity contribution < 1.29 is 19.2 Å². The first-order valence-electron chi connectivity index (χ1n) is 9.64. The molecule has 0 aliphatic carbocycles. The molecule has 1 aliphatic heterocycles. The van der Waals surface area contributed by atoms with Gasteiger partial charge in [0.05, 0.1) is 17.6 Å². The highest BCUT2D eigenvalue weighted by Gasteiger charge is 2.37. The Labute approximate surface area is 179 Å². The van der Waals surface area contributed by atoms with Crippen LogP contribution in [0.15, 0.2) is 84.6 Å². The number of hydrogen-bond donors (Lipinski definition) is 0. The van der Waals surface area contributed by atoms with Crippen LogP contribution in [0.4, 0.5) is 11.4 Å². The van der Waals surface area contributed by atoms with E-state index in [1.807, 2.05) is 30.3 Å². The molecule has 4 rings (SSSR count). The van der Waals surface area contributed by atoms with Crippen LogP contribution >= 0.6 is 0 Å². The zero-order chi connectivity index (χ0) is 22.0. The molecule has 7 heteroatoms. The molecule has 0 spiro atoms. The van der Waals surface area contributed by atoms with Gasteiger partial charge < -0.3 is 9.47 Å². The number of carbonyl (C=O) groups excluding carboxylic acids is 1. The number of methoxy groups -OCH3 is 1. The lowest BCUT2D eigenvalue weighted by molar-refractivity contribution is -0.384. The third-order valence-electron chi connectivity index (χ3n) is 5.11. The van der Waals surface area contributed by atoms with Crippen molar-refractivity contribution >= 4 is 22.9 Å². The quantitative estimate of drug-likeness (QED) is 0.427. The molecular weight excluding hydrogens is 396 g/mol. The predicted molar refractivity (Wildman–Crippen MR) is 116 cm³/mol. The Morgan fingerprint density at radius 1 is 0.968 bits per heavy atom. The van der Waals surface area contributed by atoms with Crippen molar-refractivity contribution in [3.63, 3.8) is 0 Å². The minimum absolute atomic E-state index is 0.0286. The average molecular weight is 416 g/mol. The second kappa shape index (κ2) is 8.31. The summed E-state index contributed by atoms with van der Waals surface area (Å²) in [5.74, 6) is 0.934. The van der Waals surface area contributed by atoms with Crippen LogP contribution in [-0.4, -0.2) is 17.9 Å². The highest BCUT2D eigenvalue weighted by Crippen LogP contribution is 2.40. The highest BCUT2D eigenvalue weighted by molar-refractivity contribution is 6.27. The number of hydrogen-bond acceptors (Lipinski definition) is 5. The SMILES string of the molecule is COc1ccc(N2C(=O)C(c3ccccc3)=C(C)O[C@H]2c2ccc([N+](=O)[O-])cc2)cc1. The molecule has 0 saturated carbocycles. The number of nitro benzene ring substituents is 1. The second-order valence-corrected chi connectivity index (χ2v) is 6.99. The zero-order valence-corrected chi connectivity index (χ0v) is 17.0. The molecule has 0 saturated heterocycles. The molecule has 0 unspecified atom stereocenters. The monoisotopic (exact) mass is 416 g/mol. The Balaban J connectivity index is 1.82. The standard InChI is InChI=1S/C24H20N2O5/c1-16-22(17-6-4-3-5-7-17)23(27)25(19-12-14-21(30-2)15-13-19)24(31-16)18-8-10-20(11-9-18)26(28)29/h3-15,24H,1-2H3/t24-/m0/s1. The second-order valence-electron chi connectivity index (χ2n) is 6.99. The smallest absolute Gasteiger partial charge is 0.269 e. The molecule has 1 aliphatic rings. The van der Waals surface area contributed by atoms with Crippen molar-refractivity contribution in [2.75, 3.05) is 12.0 Å². The molecule has 0 fully saturated rings.